The standard InChI is InChI=1S/C14H20N2S2/c1-9-7-10(9)8-16(2)11-5-4-6-12(18-3)13(11)14(15)17/h4-6,9-10H,7-8H2,1-3H3,(H2,15,17). The van der Waals surface area contributed by atoms with Crippen LogP contribution in [-0.4, -0.2) is 24.8 Å². The van der Waals surface area contributed by atoms with Crippen molar-refractivity contribution in [1.82, 2.24) is 0 Å². The number of rotatable bonds is 5. The van der Waals surface area contributed by atoms with E-state index in [1.165, 1.54) is 6.42 Å². The van der Waals surface area contributed by atoms with Gasteiger partial charge >= 0.3 is 0 Å². The van der Waals surface area contributed by atoms with E-state index in [-0.39, 0.29) is 0 Å². The zero-order valence-electron chi connectivity index (χ0n) is 11.1. The van der Waals surface area contributed by atoms with Gasteiger partial charge in [0.2, 0.25) is 0 Å². The van der Waals surface area contributed by atoms with Crippen LogP contribution in [0.3, 0.4) is 0 Å². The molecule has 1 fully saturated rings. The molecule has 0 saturated heterocycles. The van der Waals surface area contributed by atoms with Crippen molar-refractivity contribution in [3.8, 4) is 0 Å². The van der Waals surface area contributed by atoms with Crippen molar-refractivity contribution in [1.29, 1.82) is 0 Å². The van der Waals surface area contributed by atoms with Crippen LogP contribution in [0.25, 0.3) is 0 Å². The summed E-state index contributed by atoms with van der Waals surface area (Å²) in [5.41, 5.74) is 8.08. The Morgan fingerprint density at radius 3 is 2.72 bits per heavy atom. The fourth-order valence-corrected chi connectivity index (χ4v) is 3.27. The molecule has 1 aliphatic carbocycles. The van der Waals surface area contributed by atoms with Crippen LogP contribution < -0.4 is 10.6 Å². The maximum absolute atomic E-state index is 5.89. The predicted molar refractivity (Wildman–Crippen MR) is 84.7 cm³/mol. The minimum absolute atomic E-state index is 0.491. The third-order valence-corrected chi connectivity index (χ3v) is 4.65. The second kappa shape index (κ2) is 5.49. The van der Waals surface area contributed by atoms with Gasteiger partial charge in [-0.2, -0.15) is 0 Å². The number of thiocarbonyl (C=S) groups is 1. The third kappa shape index (κ3) is 2.81. The van der Waals surface area contributed by atoms with Crippen LogP contribution in [0.5, 0.6) is 0 Å². The molecule has 18 heavy (non-hydrogen) atoms. The van der Waals surface area contributed by atoms with Gasteiger partial charge in [-0.3, -0.25) is 0 Å². The van der Waals surface area contributed by atoms with Gasteiger partial charge in [0.25, 0.3) is 0 Å². The lowest BCUT2D eigenvalue weighted by Crippen LogP contribution is -2.24. The van der Waals surface area contributed by atoms with E-state index in [1.54, 1.807) is 11.8 Å². The van der Waals surface area contributed by atoms with Crippen LogP contribution in [0.15, 0.2) is 23.1 Å². The SMILES string of the molecule is CSc1cccc(N(C)CC2CC2C)c1C(N)=S. The average molecular weight is 280 g/mol. The molecule has 98 valence electrons. The Balaban J connectivity index is 2.27. The molecule has 2 atom stereocenters. The first-order valence-corrected chi connectivity index (χ1v) is 7.85. The van der Waals surface area contributed by atoms with E-state index in [0.29, 0.717) is 4.99 Å². The van der Waals surface area contributed by atoms with E-state index < -0.39 is 0 Å². The molecule has 2 nitrogen and oxygen atoms in total. The first kappa shape index (κ1) is 13.7. The summed E-state index contributed by atoms with van der Waals surface area (Å²) >= 11 is 6.91. The van der Waals surface area contributed by atoms with Crippen molar-refractivity contribution >= 4 is 34.7 Å². The van der Waals surface area contributed by atoms with E-state index in [1.807, 2.05) is 0 Å². The molecule has 4 heteroatoms. The number of anilines is 1. The Morgan fingerprint density at radius 2 is 2.22 bits per heavy atom. The van der Waals surface area contributed by atoms with Gasteiger partial charge < -0.3 is 10.6 Å². The number of nitrogens with zero attached hydrogens (tertiary/aromatic N) is 1. The number of nitrogens with two attached hydrogens (primary N) is 1. The molecule has 0 radical (unpaired) electrons. The van der Waals surface area contributed by atoms with Gasteiger partial charge in [0.15, 0.2) is 0 Å². The summed E-state index contributed by atoms with van der Waals surface area (Å²) in [4.78, 5) is 3.95. The van der Waals surface area contributed by atoms with E-state index in [0.717, 1.165) is 34.5 Å². The Labute approximate surface area is 119 Å². The molecule has 1 aliphatic rings. The zero-order chi connectivity index (χ0) is 13.3. The molecular weight excluding hydrogens is 260 g/mol. The second-order valence-electron chi connectivity index (χ2n) is 5.07. The topological polar surface area (TPSA) is 29.3 Å². The lowest BCUT2D eigenvalue weighted by Gasteiger charge is -2.23. The van der Waals surface area contributed by atoms with Crippen LogP contribution in [0, 0.1) is 11.8 Å². The van der Waals surface area contributed by atoms with Crippen LogP contribution in [-0.2, 0) is 0 Å². The van der Waals surface area contributed by atoms with E-state index >= 15 is 0 Å². The second-order valence-corrected chi connectivity index (χ2v) is 6.36. The summed E-state index contributed by atoms with van der Waals surface area (Å²) in [7, 11) is 2.13. The van der Waals surface area contributed by atoms with Crippen molar-refractivity contribution in [2.45, 2.75) is 18.2 Å². The van der Waals surface area contributed by atoms with Gasteiger partial charge in [0.1, 0.15) is 4.99 Å². The smallest absolute Gasteiger partial charge is 0.107 e. The van der Waals surface area contributed by atoms with Crippen molar-refractivity contribution in [3.05, 3.63) is 23.8 Å². The lowest BCUT2D eigenvalue weighted by atomic mass is 10.1. The molecular formula is C14H20N2S2. The average Bonchev–Trinajstić information content (AvgIpc) is 3.03. The Hall–Kier alpha value is -0.740. The Kier molecular flexibility index (Phi) is 4.17. The Morgan fingerprint density at radius 1 is 1.56 bits per heavy atom. The molecule has 0 aromatic heterocycles. The fraction of sp³-hybridized carbons (Fsp3) is 0.500. The van der Waals surface area contributed by atoms with Crippen molar-refractivity contribution < 1.29 is 0 Å². The van der Waals surface area contributed by atoms with Gasteiger partial charge in [-0.1, -0.05) is 25.2 Å². The third-order valence-electron chi connectivity index (χ3n) is 3.67. The first-order valence-electron chi connectivity index (χ1n) is 6.22. The maximum atomic E-state index is 5.89. The number of thioether (sulfide) groups is 1. The summed E-state index contributed by atoms with van der Waals surface area (Å²) in [6.45, 7) is 3.40. The fourth-order valence-electron chi connectivity index (χ4n) is 2.36. The van der Waals surface area contributed by atoms with Crippen LogP contribution in [0.4, 0.5) is 5.69 Å². The molecule has 2 N–H and O–H groups in total. The van der Waals surface area contributed by atoms with Crippen molar-refractivity contribution in [3.63, 3.8) is 0 Å². The van der Waals surface area contributed by atoms with E-state index in [2.05, 4.69) is 43.3 Å². The lowest BCUT2D eigenvalue weighted by molar-refractivity contribution is 0.724. The van der Waals surface area contributed by atoms with Gasteiger partial charge in [-0.15, -0.1) is 11.8 Å². The maximum Gasteiger partial charge on any atom is 0.107 e. The first-order chi connectivity index (χ1) is 8.54. The normalized spacial score (nSPS) is 21.7. The summed E-state index contributed by atoms with van der Waals surface area (Å²) < 4.78 is 0. The highest BCUT2D eigenvalue weighted by atomic mass is 32.2. The number of hydrogen-bond donors (Lipinski definition) is 1. The Bertz CT molecular complexity index is 459. The van der Waals surface area contributed by atoms with Crippen molar-refractivity contribution in [2.24, 2.45) is 17.6 Å². The molecule has 0 aliphatic heterocycles. The minimum Gasteiger partial charge on any atom is -0.389 e. The predicted octanol–water partition coefficient (Wildman–Crippen LogP) is 3.13. The molecule has 0 heterocycles. The van der Waals surface area contributed by atoms with Crippen LogP contribution >= 0.6 is 24.0 Å². The molecule has 1 saturated carbocycles. The highest BCUT2D eigenvalue weighted by molar-refractivity contribution is 7.98. The van der Waals surface area contributed by atoms with Gasteiger partial charge in [0.05, 0.1) is 0 Å². The van der Waals surface area contributed by atoms with Gasteiger partial charge in [-0.25, -0.2) is 0 Å². The highest BCUT2D eigenvalue weighted by Gasteiger charge is 2.33. The summed E-state index contributed by atoms with van der Waals surface area (Å²) in [5, 5.41) is 0. The molecule has 0 spiro atoms. The number of hydrogen-bond acceptors (Lipinski definition) is 3. The van der Waals surface area contributed by atoms with Gasteiger partial charge in [0, 0.05) is 29.7 Å². The minimum atomic E-state index is 0.491. The molecule has 2 unspecified atom stereocenters. The molecule has 1 aromatic carbocycles. The van der Waals surface area contributed by atoms with E-state index in [9.17, 15) is 0 Å². The summed E-state index contributed by atoms with van der Waals surface area (Å²) in [6, 6.07) is 6.27. The molecule has 0 bridgehead atoms. The molecule has 0 amide bonds. The van der Waals surface area contributed by atoms with Gasteiger partial charge in [-0.05, 0) is 36.6 Å². The molecule has 2 rings (SSSR count). The van der Waals surface area contributed by atoms with Crippen molar-refractivity contribution in [2.75, 3.05) is 24.7 Å². The number of benzene rings is 1. The largest absolute Gasteiger partial charge is 0.389 e. The summed E-state index contributed by atoms with van der Waals surface area (Å²) in [6.07, 6.45) is 3.40. The zero-order valence-corrected chi connectivity index (χ0v) is 12.8. The molecule has 1 aromatic rings. The van der Waals surface area contributed by atoms with Crippen LogP contribution in [0.1, 0.15) is 18.9 Å². The monoisotopic (exact) mass is 280 g/mol. The highest BCUT2D eigenvalue weighted by Crippen LogP contribution is 2.39. The summed E-state index contributed by atoms with van der Waals surface area (Å²) in [5.74, 6) is 1.69. The van der Waals surface area contributed by atoms with Crippen LogP contribution in [0.2, 0.25) is 0 Å². The quantitative estimate of drug-likeness (QED) is 0.663. The van der Waals surface area contributed by atoms with E-state index in [4.69, 9.17) is 18.0 Å².